The summed E-state index contributed by atoms with van der Waals surface area (Å²) in [7, 11) is 0.102. The minimum atomic E-state index is -3.70. The number of amides is 1. The smallest absolute Gasteiger partial charge is 0.349 e. The highest BCUT2D eigenvalue weighted by atomic mass is 35.5. The number of anilines is 1. The zero-order valence-corrected chi connectivity index (χ0v) is 20.9. The van der Waals surface area contributed by atoms with Crippen LogP contribution in [0.25, 0.3) is 6.08 Å². The fraction of sp³-hybridized carbons (Fsp3) is 0.292. The number of esters is 1. The Morgan fingerprint density at radius 1 is 1.06 bits per heavy atom. The Bertz CT molecular complexity index is 1240. The molecule has 11 heteroatoms. The van der Waals surface area contributed by atoms with Crippen LogP contribution in [-0.2, 0) is 24.3 Å². The average Bonchev–Trinajstić information content (AvgIpc) is 2.86. The summed E-state index contributed by atoms with van der Waals surface area (Å²) >= 11 is 5.83. The molecule has 1 fully saturated rings. The molecule has 0 unspecified atom stereocenters. The number of sulfonamides is 1. The van der Waals surface area contributed by atoms with Crippen LogP contribution < -0.4 is 4.90 Å². The van der Waals surface area contributed by atoms with Crippen molar-refractivity contribution in [2.75, 3.05) is 51.8 Å². The normalized spacial score (nSPS) is 14.8. The number of benzene rings is 2. The molecule has 0 spiro atoms. The van der Waals surface area contributed by atoms with Crippen molar-refractivity contribution in [3.63, 3.8) is 0 Å². The summed E-state index contributed by atoms with van der Waals surface area (Å²) in [5.41, 5.74) is 1.39. The van der Waals surface area contributed by atoms with Gasteiger partial charge in [-0.15, -0.1) is 0 Å². The lowest BCUT2D eigenvalue weighted by Crippen LogP contribution is -2.51. The fourth-order valence-electron chi connectivity index (χ4n) is 3.40. The molecule has 2 aromatic carbocycles. The Hall–Kier alpha value is -3.39. The average molecular weight is 517 g/mol. The number of carbonyl (C=O) groups is 2. The van der Waals surface area contributed by atoms with Crippen molar-refractivity contribution in [2.24, 2.45) is 0 Å². The van der Waals surface area contributed by atoms with Crippen molar-refractivity contribution in [1.82, 2.24) is 9.21 Å². The van der Waals surface area contributed by atoms with Crippen molar-refractivity contribution in [1.29, 1.82) is 5.26 Å². The van der Waals surface area contributed by atoms with Crippen LogP contribution >= 0.6 is 11.6 Å². The third-order valence-electron chi connectivity index (χ3n) is 5.43. The molecule has 35 heavy (non-hydrogen) atoms. The molecular formula is C24H25ClN4O5S. The number of ether oxygens (including phenoxy) is 1. The van der Waals surface area contributed by atoms with Crippen LogP contribution in [0.5, 0.6) is 0 Å². The van der Waals surface area contributed by atoms with Gasteiger partial charge < -0.3 is 14.5 Å². The van der Waals surface area contributed by atoms with E-state index in [9.17, 15) is 23.3 Å². The molecule has 1 saturated heterocycles. The lowest BCUT2D eigenvalue weighted by molar-refractivity contribution is -0.149. The van der Waals surface area contributed by atoms with E-state index in [1.165, 1.54) is 39.5 Å². The highest BCUT2D eigenvalue weighted by Crippen LogP contribution is 2.20. The minimum Gasteiger partial charge on any atom is -0.451 e. The lowest BCUT2D eigenvalue weighted by atomic mass is 10.1. The molecule has 0 aromatic heterocycles. The van der Waals surface area contributed by atoms with Crippen molar-refractivity contribution in [2.45, 2.75) is 4.90 Å². The van der Waals surface area contributed by atoms with E-state index in [-0.39, 0.29) is 36.6 Å². The van der Waals surface area contributed by atoms with Gasteiger partial charge in [-0.1, -0.05) is 23.7 Å². The Morgan fingerprint density at radius 2 is 1.66 bits per heavy atom. The largest absolute Gasteiger partial charge is 0.451 e. The van der Waals surface area contributed by atoms with Gasteiger partial charge in [-0.3, -0.25) is 4.79 Å². The van der Waals surface area contributed by atoms with Crippen LogP contribution in [0.1, 0.15) is 5.56 Å². The second-order valence-electron chi connectivity index (χ2n) is 7.97. The molecule has 1 aliphatic heterocycles. The SMILES string of the molecule is CN(C)c1ccc(C=C(C#N)C(=O)OCC(=O)N2CCN(S(=O)(=O)c3ccc(Cl)cc3)CC2)cc1. The molecule has 0 radical (unpaired) electrons. The Kier molecular flexibility index (Phi) is 8.51. The minimum absolute atomic E-state index is 0.108. The van der Waals surface area contributed by atoms with Crippen LogP contribution in [0.15, 0.2) is 59.0 Å². The second kappa shape index (κ2) is 11.4. The molecular weight excluding hydrogens is 492 g/mol. The van der Waals surface area contributed by atoms with Crippen LogP contribution in [-0.4, -0.2) is 76.4 Å². The highest BCUT2D eigenvalue weighted by Gasteiger charge is 2.30. The van der Waals surface area contributed by atoms with E-state index in [4.69, 9.17) is 16.3 Å². The first-order valence-corrected chi connectivity index (χ1v) is 12.5. The number of halogens is 1. The van der Waals surface area contributed by atoms with Crippen molar-refractivity contribution in [3.05, 3.63) is 64.7 Å². The first-order chi connectivity index (χ1) is 16.6. The molecule has 3 rings (SSSR count). The molecule has 0 aliphatic carbocycles. The van der Waals surface area contributed by atoms with Gasteiger partial charge >= 0.3 is 5.97 Å². The van der Waals surface area contributed by atoms with Crippen molar-refractivity contribution >= 4 is 45.3 Å². The summed E-state index contributed by atoms with van der Waals surface area (Å²) in [6.07, 6.45) is 1.40. The third kappa shape index (κ3) is 6.60. The van der Waals surface area contributed by atoms with E-state index >= 15 is 0 Å². The number of piperazine rings is 1. The molecule has 1 aliphatic rings. The van der Waals surface area contributed by atoms with Gasteiger partial charge in [-0.05, 0) is 48.0 Å². The molecule has 0 N–H and O–H groups in total. The van der Waals surface area contributed by atoms with E-state index < -0.39 is 28.5 Å². The summed E-state index contributed by atoms with van der Waals surface area (Å²) in [4.78, 5) is 28.3. The zero-order chi connectivity index (χ0) is 25.6. The fourth-order valence-corrected chi connectivity index (χ4v) is 4.95. The van der Waals surface area contributed by atoms with Crippen molar-refractivity contribution in [3.8, 4) is 6.07 Å². The van der Waals surface area contributed by atoms with Gasteiger partial charge in [0.2, 0.25) is 10.0 Å². The number of hydrogen-bond donors (Lipinski definition) is 0. The number of hydrogen-bond acceptors (Lipinski definition) is 7. The van der Waals surface area contributed by atoms with Crippen LogP contribution in [0.3, 0.4) is 0 Å². The van der Waals surface area contributed by atoms with Crippen LogP contribution in [0.4, 0.5) is 5.69 Å². The van der Waals surface area contributed by atoms with Gasteiger partial charge in [0.05, 0.1) is 4.90 Å². The van der Waals surface area contributed by atoms with E-state index in [0.29, 0.717) is 10.6 Å². The second-order valence-corrected chi connectivity index (χ2v) is 10.3. The Balaban J connectivity index is 1.53. The van der Waals surface area contributed by atoms with Gasteiger partial charge in [0, 0.05) is 51.0 Å². The topological polar surface area (TPSA) is 111 Å². The van der Waals surface area contributed by atoms with E-state index in [1.54, 1.807) is 18.2 Å². The first kappa shape index (κ1) is 26.2. The summed E-state index contributed by atoms with van der Waals surface area (Å²) in [5.74, 6) is -1.36. The van der Waals surface area contributed by atoms with Gasteiger partial charge in [0.25, 0.3) is 5.91 Å². The predicted molar refractivity (Wildman–Crippen MR) is 132 cm³/mol. The number of nitrogens with zero attached hydrogens (tertiary/aromatic N) is 4. The quantitative estimate of drug-likeness (QED) is 0.315. The van der Waals surface area contributed by atoms with Crippen LogP contribution in [0.2, 0.25) is 5.02 Å². The van der Waals surface area contributed by atoms with Gasteiger partial charge in [-0.25, -0.2) is 13.2 Å². The maximum absolute atomic E-state index is 12.8. The van der Waals surface area contributed by atoms with Gasteiger partial charge in [-0.2, -0.15) is 9.57 Å². The molecule has 184 valence electrons. The van der Waals surface area contributed by atoms with E-state index in [0.717, 1.165) is 5.69 Å². The zero-order valence-electron chi connectivity index (χ0n) is 19.3. The summed E-state index contributed by atoms with van der Waals surface area (Å²) < 4.78 is 31.9. The molecule has 1 amide bonds. The molecule has 0 saturated carbocycles. The maximum Gasteiger partial charge on any atom is 0.349 e. The predicted octanol–water partition coefficient (Wildman–Crippen LogP) is 2.39. The lowest BCUT2D eigenvalue weighted by Gasteiger charge is -2.33. The number of carbonyl (C=O) groups excluding carboxylic acids is 2. The summed E-state index contributed by atoms with van der Waals surface area (Å²) in [6.45, 7) is -0.0139. The summed E-state index contributed by atoms with van der Waals surface area (Å²) in [6, 6.07) is 14.9. The molecule has 9 nitrogen and oxygen atoms in total. The van der Waals surface area contributed by atoms with Crippen molar-refractivity contribution < 1.29 is 22.7 Å². The third-order valence-corrected chi connectivity index (χ3v) is 7.60. The van der Waals surface area contributed by atoms with E-state index in [2.05, 4.69) is 0 Å². The molecule has 2 aromatic rings. The maximum atomic E-state index is 12.8. The number of rotatable bonds is 7. The monoisotopic (exact) mass is 516 g/mol. The Labute approximate surface area is 209 Å². The molecule has 0 atom stereocenters. The Morgan fingerprint density at radius 3 is 2.20 bits per heavy atom. The molecule has 0 bridgehead atoms. The molecule has 1 heterocycles. The van der Waals surface area contributed by atoms with Gasteiger partial charge in [0.15, 0.2) is 6.61 Å². The summed E-state index contributed by atoms with van der Waals surface area (Å²) in [5, 5.41) is 9.77. The first-order valence-electron chi connectivity index (χ1n) is 10.7. The number of nitriles is 1. The highest BCUT2D eigenvalue weighted by molar-refractivity contribution is 7.89. The standard InChI is InChI=1S/C24H25ClN4O5S/c1-27(2)21-7-3-18(4-8-21)15-19(16-26)24(31)34-17-23(30)28-11-13-29(14-12-28)35(32,33)22-9-5-20(25)6-10-22/h3-10,15H,11-14,17H2,1-2H3. The van der Waals surface area contributed by atoms with E-state index in [1.807, 2.05) is 31.1 Å². The van der Waals surface area contributed by atoms with Crippen LogP contribution in [0, 0.1) is 11.3 Å². The van der Waals surface area contributed by atoms with Gasteiger partial charge in [0.1, 0.15) is 11.6 Å².